The van der Waals surface area contributed by atoms with Gasteiger partial charge in [0.05, 0.1) is 11.3 Å². The van der Waals surface area contributed by atoms with Gasteiger partial charge in [-0.3, -0.25) is 9.36 Å². The molecule has 4 aromatic carbocycles. The summed E-state index contributed by atoms with van der Waals surface area (Å²) in [6.45, 7) is 0.478. The van der Waals surface area contributed by atoms with Crippen molar-refractivity contribution in [3.8, 4) is 11.4 Å². The molecule has 1 atom stereocenters. The lowest BCUT2D eigenvalue weighted by Gasteiger charge is -2.19. The third-order valence-corrected chi connectivity index (χ3v) is 8.77. The van der Waals surface area contributed by atoms with Crippen LogP contribution in [0.3, 0.4) is 0 Å². The van der Waals surface area contributed by atoms with E-state index in [1.807, 2.05) is 47.0 Å². The van der Waals surface area contributed by atoms with Crippen molar-refractivity contribution in [3.63, 3.8) is 0 Å². The molecule has 1 aromatic heterocycles. The summed E-state index contributed by atoms with van der Waals surface area (Å²) in [5, 5.41) is 23.8. The lowest BCUT2D eigenvalue weighted by atomic mass is 9.93. The molecule has 0 radical (unpaired) electrons. The number of hydrogen-bond acceptors (Lipinski definition) is 5. The van der Waals surface area contributed by atoms with Crippen molar-refractivity contribution in [2.45, 2.75) is 42.5 Å². The highest BCUT2D eigenvalue weighted by atomic mass is 35.5. The Morgan fingerprint density at radius 1 is 0.932 bits per heavy atom. The van der Waals surface area contributed by atoms with E-state index in [9.17, 15) is 14.3 Å². The largest absolute Gasteiger partial charge is 0.507 e. The van der Waals surface area contributed by atoms with Gasteiger partial charge in [-0.05, 0) is 72.9 Å². The zero-order valence-electron chi connectivity index (χ0n) is 23.8. The number of phenolic OH excluding ortho intramolecular Hbond substituents is 1. The van der Waals surface area contributed by atoms with Gasteiger partial charge in [0.2, 0.25) is 0 Å². The van der Waals surface area contributed by atoms with E-state index in [4.69, 9.17) is 28.3 Å². The number of thioether (sulfide) groups is 1. The molecule has 0 saturated carbocycles. The Bertz CT molecular complexity index is 1720. The molecular weight excluding hydrogens is 618 g/mol. The smallest absolute Gasteiger partial charge is 0.255 e. The molecule has 1 unspecified atom stereocenters. The van der Waals surface area contributed by atoms with Crippen LogP contribution >= 0.6 is 35.0 Å². The SMILES string of the molecule is O=C(NCCCCC(Cc1ccccc1)c1nnc(SCc2ccc(F)cc2Cl)n1-c1cccc(Cl)c1)c1ccccc1O. The molecule has 10 heteroatoms. The van der Waals surface area contributed by atoms with E-state index in [2.05, 4.69) is 22.5 Å². The summed E-state index contributed by atoms with van der Waals surface area (Å²) in [5.74, 6) is 0.590. The maximum Gasteiger partial charge on any atom is 0.255 e. The topological polar surface area (TPSA) is 80.0 Å². The van der Waals surface area contributed by atoms with E-state index in [0.717, 1.165) is 42.8 Å². The highest BCUT2D eigenvalue weighted by molar-refractivity contribution is 7.98. The van der Waals surface area contributed by atoms with Gasteiger partial charge >= 0.3 is 0 Å². The number of aromatic nitrogens is 3. The van der Waals surface area contributed by atoms with E-state index in [1.54, 1.807) is 24.3 Å². The summed E-state index contributed by atoms with van der Waals surface area (Å²) in [7, 11) is 0. The number of halogens is 3. The molecular formula is C34H31Cl2FN4O2S. The quantitative estimate of drug-likeness (QED) is 0.0986. The second kappa shape index (κ2) is 15.2. The molecule has 0 spiro atoms. The first-order valence-electron chi connectivity index (χ1n) is 14.3. The molecule has 5 rings (SSSR count). The van der Waals surface area contributed by atoms with Crippen LogP contribution in [-0.2, 0) is 12.2 Å². The van der Waals surface area contributed by atoms with Gasteiger partial charge in [-0.25, -0.2) is 4.39 Å². The zero-order valence-corrected chi connectivity index (χ0v) is 26.1. The standard InChI is InChI=1S/C34H31Cl2FN4O2S/c35-26-12-8-13-28(20-26)41-32(39-40-34(41)44-22-25-16-17-27(37)21-30(25)36)24(19-23-9-2-1-3-10-23)11-6-7-18-38-33(43)29-14-4-5-15-31(29)42/h1-5,8-10,12-17,20-21,24,42H,6-7,11,18-19,22H2,(H,38,43). The van der Waals surface area contributed by atoms with Gasteiger partial charge in [-0.15, -0.1) is 10.2 Å². The summed E-state index contributed by atoms with van der Waals surface area (Å²) in [6, 6.07) is 28.7. The molecule has 44 heavy (non-hydrogen) atoms. The van der Waals surface area contributed by atoms with Gasteiger partial charge in [0.15, 0.2) is 5.16 Å². The summed E-state index contributed by atoms with van der Waals surface area (Å²) in [6.07, 6.45) is 3.13. The number of rotatable bonds is 13. The van der Waals surface area contributed by atoms with E-state index in [1.165, 1.54) is 35.5 Å². The van der Waals surface area contributed by atoms with Crippen molar-refractivity contribution in [1.82, 2.24) is 20.1 Å². The van der Waals surface area contributed by atoms with Gasteiger partial charge in [0.1, 0.15) is 17.4 Å². The van der Waals surface area contributed by atoms with Crippen LogP contribution in [0.1, 0.15) is 52.5 Å². The first kappa shape index (κ1) is 31.6. The molecule has 0 fully saturated rings. The minimum Gasteiger partial charge on any atom is -0.507 e. The third-order valence-electron chi connectivity index (χ3n) is 7.20. The summed E-state index contributed by atoms with van der Waals surface area (Å²) < 4.78 is 15.7. The number of phenols is 1. The molecule has 0 aliphatic heterocycles. The van der Waals surface area contributed by atoms with Crippen LogP contribution in [0.15, 0.2) is 102 Å². The molecule has 1 heterocycles. The Morgan fingerprint density at radius 3 is 2.50 bits per heavy atom. The average molecular weight is 650 g/mol. The second-order valence-corrected chi connectivity index (χ2v) is 12.1. The Balaban J connectivity index is 1.37. The number of carbonyl (C=O) groups excluding carboxylic acids is 1. The third kappa shape index (κ3) is 8.20. The van der Waals surface area contributed by atoms with Crippen LogP contribution in [0.5, 0.6) is 5.75 Å². The zero-order chi connectivity index (χ0) is 30.9. The molecule has 0 saturated heterocycles. The van der Waals surface area contributed by atoms with Crippen LogP contribution in [-0.4, -0.2) is 32.3 Å². The molecule has 1 amide bonds. The van der Waals surface area contributed by atoms with Crippen LogP contribution in [0.2, 0.25) is 10.0 Å². The molecule has 6 nitrogen and oxygen atoms in total. The maximum absolute atomic E-state index is 13.6. The molecule has 226 valence electrons. The highest BCUT2D eigenvalue weighted by Gasteiger charge is 2.24. The normalized spacial score (nSPS) is 11.8. The molecule has 0 aliphatic rings. The highest BCUT2D eigenvalue weighted by Crippen LogP contribution is 2.34. The van der Waals surface area contributed by atoms with Crippen LogP contribution in [0.4, 0.5) is 4.39 Å². The first-order chi connectivity index (χ1) is 21.4. The van der Waals surface area contributed by atoms with Crippen LogP contribution in [0, 0.1) is 5.82 Å². The molecule has 5 aromatic rings. The van der Waals surface area contributed by atoms with E-state index >= 15 is 0 Å². The second-order valence-electron chi connectivity index (χ2n) is 10.3. The fourth-order valence-corrected chi connectivity index (χ4v) is 6.44. The minimum absolute atomic E-state index is 0.0153. The van der Waals surface area contributed by atoms with E-state index < -0.39 is 0 Å². The summed E-state index contributed by atoms with van der Waals surface area (Å²) in [5.41, 5.74) is 3.08. The Labute approximate surface area is 270 Å². The van der Waals surface area contributed by atoms with Gasteiger partial charge in [0, 0.05) is 28.3 Å². The maximum atomic E-state index is 13.6. The number of amides is 1. The van der Waals surface area contributed by atoms with Crippen molar-refractivity contribution in [1.29, 1.82) is 0 Å². The van der Waals surface area contributed by atoms with Gasteiger partial charge in [-0.2, -0.15) is 0 Å². The van der Waals surface area contributed by atoms with Crippen molar-refractivity contribution < 1.29 is 14.3 Å². The van der Waals surface area contributed by atoms with Gasteiger partial charge < -0.3 is 10.4 Å². The fraction of sp³-hybridized carbons (Fsp3) is 0.206. The predicted octanol–water partition coefficient (Wildman–Crippen LogP) is 8.64. The number of nitrogens with zero attached hydrogens (tertiary/aromatic N) is 3. The van der Waals surface area contributed by atoms with E-state index in [-0.39, 0.29) is 29.0 Å². The summed E-state index contributed by atoms with van der Waals surface area (Å²) >= 11 is 14.2. The fourth-order valence-electron chi connectivity index (χ4n) is 4.98. The number of hydrogen-bond donors (Lipinski definition) is 2. The Kier molecular flexibility index (Phi) is 10.9. The van der Waals surface area contributed by atoms with Crippen molar-refractivity contribution in [3.05, 3.63) is 135 Å². The molecule has 0 aliphatic carbocycles. The van der Waals surface area contributed by atoms with Crippen molar-refractivity contribution in [2.24, 2.45) is 0 Å². The number of aromatic hydroxyl groups is 1. The van der Waals surface area contributed by atoms with Crippen LogP contribution < -0.4 is 5.32 Å². The lowest BCUT2D eigenvalue weighted by molar-refractivity contribution is 0.0950. The lowest BCUT2D eigenvalue weighted by Crippen LogP contribution is -2.24. The average Bonchev–Trinajstić information content (AvgIpc) is 3.44. The molecule has 0 bridgehead atoms. The van der Waals surface area contributed by atoms with E-state index in [0.29, 0.717) is 27.5 Å². The Morgan fingerprint density at radius 2 is 1.73 bits per heavy atom. The number of carbonyl (C=O) groups is 1. The number of para-hydroxylation sites is 1. The monoisotopic (exact) mass is 648 g/mol. The minimum atomic E-state index is -0.380. The number of benzene rings is 4. The number of unbranched alkanes of at least 4 members (excludes halogenated alkanes) is 1. The van der Waals surface area contributed by atoms with Crippen molar-refractivity contribution >= 4 is 40.9 Å². The van der Waals surface area contributed by atoms with Crippen LogP contribution in [0.25, 0.3) is 5.69 Å². The van der Waals surface area contributed by atoms with Gasteiger partial charge in [-0.1, -0.05) is 96.0 Å². The van der Waals surface area contributed by atoms with Gasteiger partial charge in [0.25, 0.3) is 5.91 Å². The Hall–Kier alpha value is -3.85. The number of nitrogens with one attached hydrogen (secondary N) is 1. The summed E-state index contributed by atoms with van der Waals surface area (Å²) in [4.78, 5) is 12.5. The van der Waals surface area contributed by atoms with Crippen molar-refractivity contribution in [2.75, 3.05) is 6.54 Å². The molecule has 2 N–H and O–H groups in total. The first-order valence-corrected chi connectivity index (χ1v) is 16.0. The predicted molar refractivity (Wildman–Crippen MR) is 175 cm³/mol.